The predicted molar refractivity (Wildman–Crippen MR) is 89.6 cm³/mol. The lowest BCUT2D eigenvalue weighted by atomic mass is 10.1. The molecule has 2 aromatic heterocycles. The van der Waals surface area contributed by atoms with Crippen molar-refractivity contribution in [2.24, 2.45) is 5.73 Å². The van der Waals surface area contributed by atoms with Crippen LogP contribution in [-0.2, 0) is 4.79 Å². The summed E-state index contributed by atoms with van der Waals surface area (Å²) in [5.74, 6) is 1.12. The van der Waals surface area contributed by atoms with E-state index in [4.69, 9.17) is 5.73 Å². The summed E-state index contributed by atoms with van der Waals surface area (Å²) in [6.45, 7) is 5.02. The van der Waals surface area contributed by atoms with Gasteiger partial charge in [-0.1, -0.05) is 0 Å². The molecule has 0 aromatic carbocycles. The van der Waals surface area contributed by atoms with Crippen LogP contribution in [0, 0.1) is 13.8 Å². The minimum absolute atomic E-state index is 0.114. The number of anilines is 2. The standard InChI is InChI=1S/C15H20N6OS/c1-9-7-17-15(23-9)20-14-6-11(18-10(2)19-14)12-4-3-5-21(12)8-13(16)22/h6-7,12H,3-5,8H2,1-2H3,(H2,16,22)(H,17,18,19,20)/t12-/m1/s1. The first-order valence-electron chi connectivity index (χ1n) is 7.58. The van der Waals surface area contributed by atoms with Gasteiger partial charge in [0.25, 0.3) is 0 Å². The van der Waals surface area contributed by atoms with Crippen LogP contribution < -0.4 is 11.1 Å². The van der Waals surface area contributed by atoms with Gasteiger partial charge in [0.2, 0.25) is 5.91 Å². The van der Waals surface area contributed by atoms with Gasteiger partial charge in [-0.3, -0.25) is 9.69 Å². The Hall–Kier alpha value is -2.06. The number of aromatic nitrogens is 3. The van der Waals surface area contributed by atoms with Crippen LogP contribution in [0.5, 0.6) is 0 Å². The Morgan fingerprint density at radius 1 is 1.48 bits per heavy atom. The monoisotopic (exact) mass is 332 g/mol. The van der Waals surface area contributed by atoms with E-state index >= 15 is 0 Å². The summed E-state index contributed by atoms with van der Waals surface area (Å²) in [6, 6.07) is 2.05. The van der Waals surface area contributed by atoms with Crippen molar-refractivity contribution in [2.45, 2.75) is 32.7 Å². The fourth-order valence-electron chi connectivity index (χ4n) is 2.90. The van der Waals surface area contributed by atoms with Gasteiger partial charge < -0.3 is 11.1 Å². The maximum Gasteiger partial charge on any atom is 0.231 e. The van der Waals surface area contributed by atoms with E-state index in [2.05, 4.69) is 25.2 Å². The molecule has 8 heteroatoms. The zero-order valence-corrected chi connectivity index (χ0v) is 14.1. The molecule has 7 nitrogen and oxygen atoms in total. The summed E-state index contributed by atoms with van der Waals surface area (Å²) in [5.41, 5.74) is 6.27. The Bertz CT molecular complexity index is 716. The quantitative estimate of drug-likeness (QED) is 0.868. The lowest BCUT2D eigenvalue weighted by molar-refractivity contribution is -0.119. The van der Waals surface area contributed by atoms with Crippen molar-refractivity contribution in [3.8, 4) is 0 Å². The topological polar surface area (TPSA) is 97.0 Å². The third-order valence-electron chi connectivity index (χ3n) is 3.78. The Kier molecular flexibility index (Phi) is 4.53. The van der Waals surface area contributed by atoms with E-state index in [1.807, 2.05) is 26.1 Å². The first-order valence-corrected chi connectivity index (χ1v) is 8.40. The van der Waals surface area contributed by atoms with E-state index in [9.17, 15) is 4.79 Å². The Morgan fingerprint density at radius 2 is 2.30 bits per heavy atom. The fourth-order valence-corrected chi connectivity index (χ4v) is 3.57. The molecule has 3 rings (SSSR count). The molecule has 3 heterocycles. The van der Waals surface area contributed by atoms with Crippen LogP contribution in [0.4, 0.5) is 10.9 Å². The van der Waals surface area contributed by atoms with Crippen molar-refractivity contribution < 1.29 is 4.79 Å². The van der Waals surface area contributed by atoms with Crippen LogP contribution >= 0.6 is 11.3 Å². The molecular formula is C15H20N6OS. The molecule has 1 aliphatic heterocycles. The number of primary amides is 1. The molecule has 23 heavy (non-hydrogen) atoms. The molecular weight excluding hydrogens is 312 g/mol. The molecule has 122 valence electrons. The largest absolute Gasteiger partial charge is 0.369 e. The molecule has 1 amide bonds. The average Bonchev–Trinajstić information content (AvgIpc) is 3.07. The molecule has 1 saturated heterocycles. The van der Waals surface area contributed by atoms with Crippen molar-refractivity contribution in [3.63, 3.8) is 0 Å². The molecule has 0 bridgehead atoms. The number of nitrogens with two attached hydrogens (primary N) is 1. The van der Waals surface area contributed by atoms with Gasteiger partial charge in [-0.15, -0.1) is 11.3 Å². The van der Waals surface area contributed by atoms with E-state index in [0.717, 1.165) is 40.9 Å². The molecule has 0 radical (unpaired) electrons. The summed E-state index contributed by atoms with van der Waals surface area (Å²) >= 11 is 1.58. The third-order valence-corrected chi connectivity index (χ3v) is 4.61. The number of carbonyl (C=O) groups is 1. The molecule has 0 spiro atoms. The lowest BCUT2D eigenvalue weighted by Crippen LogP contribution is -2.33. The second-order valence-electron chi connectivity index (χ2n) is 5.72. The SMILES string of the molecule is Cc1nc(Nc2ncc(C)s2)cc([C@H]2CCCN2CC(N)=O)n1. The molecule has 1 fully saturated rings. The Balaban J connectivity index is 1.83. The van der Waals surface area contributed by atoms with E-state index in [-0.39, 0.29) is 18.5 Å². The summed E-state index contributed by atoms with van der Waals surface area (Å²) in [5, 5.41) is 4.04. The van der Waals surface area contributed by atoms with Gasteiger partial charge in [0.1, 0.15) is 11.6 Å². The van der Waals surface area contributed by atoms with Crippen LogP contribution in [0.15, 0.2) is 12.3 Å². The summed E-state index contributed by atoms with van der Waals surface area (Å²) in [7, 11) is 0. The number of nitrogens with one attached hydrogen (secondary N) is 1. The minimum atomic E-state index is -0.306. The number of rotatable bonds is 5. The van der Waals surface area contributed by atoms with Crippen molar-refractivity contribution in [1.82, 2.24) is 19.9 Å². The molecule has 0 unspecified atom stereocenters. The highest BCUT2D eigenvalue weighted by Gasteiger charge is 2.28. The second-order valence-corrected chi connectivity index (χ2v) is 6.96. The van der Waals surface area contributed by atoms with Crippen LogP contribution in [0.3, 0.4) is 0 Å². The zero-order chi connectivity index (χ0) is 16.4. The average molecular weight is 332 g/mol. The molecule has 0 aliphatic carbocycles. The van der Waals surface area contributed by atoms with Crippen LogP contribution in [0.1, 0.15) is 35.3 Å². The number of aryl methyl sites for hydroxylation is 2. The number of carbonyl (C=O) groups excluding carboxylic acids is 1. The first-order chi connectivity index (χ1) is 11.0. The van der Waals surface area contributed by atoms with E-state index in [0.29, 0.717) is 5.82 Å². The maximum absolute atomic E-state index is 11.2. The minimum Gasteiger partial charge on any atom is -0.369 e. The van der Waals surface area contributed by atoms with Gasteiger partial charge in [-0.05, 0) is 33.2 Å². The maximum atomic E-state index is 11.2. The number of nitrogens with zero attached hydrogens (tertiary/aromatic N) is 4. The van der Waals surface area contributed by atoms with Gasteiger partial charge >= 0.3 is 0 Å². The highest BCUT2D eigenvalue weighted by atomic mass is 32.1. The van der Waals surface area contributed by atoms with E-state index < -0.39 is 0 Å². The summed E-state index contributed by atoms with van der Waals surface area (Å²) in [6.07, 6.45) is 3.84. The van der Waals surface area contributed by atoms with Crippen molar-refractivity contribution in [3.05, 3.63) is 28.7 Å². The molecule has 0 saturated carbocycles. The van der Waals surface area contributed by atoms with Crippen LogP contribution in [-0.4, -0.2) is 38.8 Å². The Morgan fingerprint density at radius 3 is 3.00 bits per heavy atom. The lowest BCUT2D eigenvalue weighted by Gasteiger charge is -2.23. The number of amides is 1. The Labute approximate surface area is 139 Å². The van der Waals surface area contributed by atoms with Gasteiger partial charge in [0.05, 0.1) is 18.3 Å². The van der Waals surface area contributed by atoms with E-state index in [1.54, 1.807) is 11.3 Å². The van der Waals surface area contributed by atoms with Crippen molar-refractivity contribution in [2.75, 3.05) is 18.4 Å². The van der Waals surface area contributed by atoms with Gasteiger partial charge in [-0.25, -0.2) is 15.0 Å². The number of thiazole rings is 1. The highest BCUT2D eigenvalue weighted by molar-refractivity contribution is 7.15. The third kappa shape index (κ3) is 3.83. The van der Waals surface area contributed by atoms with Crippen LogP contribution in [0.2, 0.25) is 0 Å². The highest BCUT2D eigenvalue weighted by Crippen LogP contribution is 2.32. The zero-order valence-electron chi connectivity index (χ0n) is 13.2. The van der Waals surface area contributed by atoms with E-state index in [1.165, 1.54) is 0 Å². The fraction of sp³-hybridized carbons (Fsp3) is 0.467. The van der Waals surface area contributed by atoms with Crippen LogP contribution in [0.25, 0.3) is 0 Å². The van der Waals surface area contributed by atoms with Gasteiger partial charge in [-0.2, -0.15) is 0 Å². The van der Waals surface area contributed by atoms with Crippen molar-refractivity contribution >= 4 is 28.2 Å². The molecule has 3 N–H and O–H groups in total. The number of hydrogen-bond donors (Lipinski definition) is 2. The number of likely N-dealkylation sites (tertiary alicyclic amines) is 1. The first kappa shape index (κ1) is 15.8. The molecule has 1 atom stereocenters. The normalized spacial score (nSPS) is 18.3. The summed E-state index contributed by atoms with van der Waals surface area (Å²) in [4.78, 5) is 27.7. The van der Waals surface area contributed by atoms with Crippen molar-refractivity contribution in [1.29, 1.82) is 0 Å². The number of hydrogen-bond acceptors (Lipinski definition) is 7. The smallest absolute Gasteiger partial charge is 0.231 e. The summed E-state index contributed by atoms with van der Waals surface area (Å²) < 4.78 is 0. The second kappa shape index (κ2) is 6.59. The van der Waals surface area contributed by atoms with Gasteiger partial charge in [0.15, 0.2) is 5.13 Å². The predicted octanol–water partition coefficient (Wildman–Crippen LogP) is 1.92. The molecule has 2 aromatic rings. The van der Waals surface area contributed by atoms with Gasteiger partial charge in [0, 0.05) is 17.1 Å². The molecule has 1 aliphatic rings.